The number of thiazole rings is 1. The number of benzene rings is 2. The van der Waals surface area contributed by atoms with Crippen LogP contribution >= 0.6 is 11.3 Å². The molecule has 9 heteroatoms. The molecule has 0 saturated heterocycles. The van der Waals surface area contributed by atoms with Crippen molar-refractivity contribution in [3.05, 3.63) is 70.7 Å². The summed E-state index contributed by atoms with van der Waals surface area (Å²) in [6.07, 6.45) is 1.63. The molecule has 1 aromatic heterocycles. The van der Waals surface area contributed by atoms with Gasteiger partial charge < -0.3 is 15.2 Å². The number of aliphatic carboxylic acids is 1. The summed E-state index contributed by atoms with van der Waals surface area (Å²) in [5.41, 5.74) is 4.73. The Bertz CT molecular complexity index is 1230. The fourth-order valence-electron chi connectivity index (χ4n) is 5.08. The summed E-state index contributed by atoms with van der Waals surface area (Å²) in [6.45, 7) is 0.479. The molecule has 1 fully saturated rings. The van der Waals surface area contributed by atoms with E-state index in [1.54, 1.807) is 5.38 Å². The average Bonchev–Trinajstić information content (AvgIpc) is 3.59. The molecule has 5 rings (SSSR count). The molecule has 2 aromatic carbocycles. The van der Waals surface area contributed by atoms with E-state index in [0.717, 1.165) is 46.4 Å². The molecule has 2 atom stereocenters. The van der Waals surface area contributed by atoms with Gasteiger partial charge in [0.2, 0.25) is 0 Å². The highest BCUT2D eigenvalue weighted by atomic mass is 32.1. The Morgan fingerprint density at radius 3 is 2.40 bits per heavy atom. The number of fused-ring (bicyclic) bond motifs is 3. The number of carbonyl (C=O) groups excluding carboxylic acids is 2. The first kappa shape index (κ1) is 23.0. The molecule has 0 bridgehead atoms. The van der Waals surface area contributed by atoms with Crippen LogP contribution in [0.4, 0.5) is 9.93 Å². The third-order valence-electron chi connectivity index (χ3n) is 6.79. The Morgan fingerprint density at radius 1 is 1.03 bits per heavy atom. The second kappa shape index (κ2) is 9.87. The normalized spacial score (nSPS) is 18.5. The number of nitrogens with zero attached hydrogens (tertiary/aromatic N) is 1. The minimum Gasteiger partial charge on any atom is -0.481 e. The number of carboxylic acids is 1. The summed E-state index contributed by atoms with van der Waals surface area (Å²) < 4.78 is 5.52. The van der Waals surface area contributed by atoms with Gasteiger partial charge in [0.25, 0.3) is 5.91 Å². The van der Waals surface area contributed by atoms with Gasteiger partial charge in [-0.3, -0.25) is 14.9 Å². The van der Waals surface area contributed by atoms with Crippen molar-refractivity contribution in [3.8, 4) is 11.1 Å². The highest BCUT2D eigenvalue weighted by Crippen LogP contribution is 2.44. The van der Waals surface area contributed by atoms with Crippen LogP contribution in [0, 0.1) is 11.8 Å². The standard InChI is InChI=1S/C26H25N3O5S/c30-23(27-12-15-6-5-11-16(15)24(31)32)22-14-35-25(28-22)29-26(33)34-13-21-19-9-3-1-7-17(19)18-8-2-4-10-20(18)21/h1-4,7-10,14-16,21H,5-6,11-13H2,(H,27,30)(H,31,32)(H,28,29,33)/t15-,16-/m0/s1. The minimum absolute atomic E-state index is 0.0454. The number of aromatic nitrogens is 1. The minimum atomic E-state index is -0.815. The largest absolute Gasteiger partial charge is 0.481 e. The third kappa shape index (κ3) is 4.77. The summed E-state index contributed by atoms with van der Waals surface area (Å²) in [6, 6.07) is 16.2. The molecule has 2 aliphatic carbocycles. The van der Waals surface area contributed by atoms with Gasteiger partial charge in [0.05, 0.1) is 5.92 Å². The zero-order valence-corrected chi connectivity index (χ0v) is 19.7. The van der Waals surface area contributed by atoms with Crippen molar-refractivity contribution in [1.29, 1.82) is 0 Å². The quantitative estimate of drug-likeness (QED) is 0.440. The van der Waals surface area contributed by atoms with Crippen LogP contribution in [0.5, 0.6) is 0 Å². The van der Waals surface area contributed by atoms with Crippen molar-refractivity contribution in [1.82, 2.24) is 10.3 Å². The molecule has 3 aromatic rings. The van der Waals surface area contributed by atoms with Crippen LogP contribution in [-0.2, 0) is 9.53 Å². The maximum Gasteiger partial charge on any atom is 0.413 e. The van der Waals surface area contributed by atoms with E-state index < -0.39 is 23.9 Å². The first-order valence-corrected chi connectivity index (χ1v) is 12.5. The molecule has 3 N–H and O–H groups in total. The second-order valence-electron chi connectivity index (χ2n) is 8.83. The number of hydrogen-bond acceptors (Lipinski definition) is 6. The molecule has 2 amide bonds. The molecule has 35 heavy (non-hydrogen) atoms. The lowest BCUT2D eigenvalue weighted by atomic mass is 9.96. The van der Waals surface area contributed by atoms with Gasteiger partial charge in [-0.2, -0.15) is 0 Å². The van der Waals surface area contributed by atoms with Gasteiger partial charge >= 0.3 is 12.1 Å². The number of hydrogen-bond donors (Lipinski definition) is 3. The molecule has 2 aliphatic rings. The number of ether oxygens (including phenoxy) is 1. The van der Waals surface area contributed by atoms with Crippen LogP contribution in [0.1, 0.15) is 46.8 Å². The summed E-state index contributed by atoms with van der Waals surface area (Å²) in [5, 5.41) is 16.5. The number of nitrogens with one attached hydrogen (secondary N) is 2. The lowest BCUT2D eigenvalue weighted by Gasteiger charge is -2.15. The third-order valence-corrected chi connectivity index (χ3v) is 7.55. The van der Waals surface area contributed by atoms with Gasteiger partial charge in [-0.05, 0) is 41.0 Å². The fraction of sp³-hybridized carbons (Fsp3) is 0.308. The number of amides is 2. The Balaban J connectivity index is 1.15. The maximum absolute atomic E-state index is 12.5. The number of anilines is 1. The van der Waals surface area contributed by atoms with E-state index in [1.165, 1.54) is 0 Å². The van der Waals surface area contributed by atoms with Crippen molar-refractivity contribution in [3.63, 3.8) is 0 Å². The number of carbonyl (C=O) groups is 3. The summed E-state index contributed by atoms with van der Waals surface area (Å²) in [5.74, 6) is -1.75. The van der Waals surface area contributed by atoms with Gasteiger partial charge in [0.1, 0.15) is 12.3 Å². The molecule has 1 saturated carbocycles. The van der Waals surface area contributed by atoms with E-state index in [-0.39, 0.29) is 29.3 Å². The van der Waals surface area contributed by atoms with Crippen LogP contribution in [0.25, 0.3) is 11.1 Å². The maximum atomic E-state index is 12.5. The zero-order valence-electron chi connectivity index (χ0n) is 18.9. The van der Waals surface area contributed by atoms with E-state index in [0.29, 0.717) is 13.0 Å². The molecular weight excluding hydrogens is 466 g/mol. The van der Waals surface area contributed by atoms with Crippen molar-refractivity contribution in [2.75, 3.05) is 18.5 Å². The smallest absolute Gasteiger partial charge is 0.413 e. The molecule has 0 aliphatic heterocycles. The van der Waals surface area contributed by atoms with E-state index in [9.17, 15) is 19.5 Å². The molecular formula is C26H25N3O5S. The van der Waals surface area contributed by atoms with Gasteiger partial charge in [-0.1, -0.05) is 55.0 Å². The zero-order chi connectivity index (χ0) is 24.4. The van der Waals surface area contributed by atoms with Crippen molar-refractivity contribution in [2.45, 2.75) is 25.2 Å². The topological polar surface area (TPSA) is 118 Å². The lowest BCUT2D eigenvalue weighted by molar-refractivity contribution is -0.142. The summed E-state index contributed by atoms with van der Waals surface area (Å²) in [7, 11) is 0. The fourth-order valence-corrected chi connectivity index (χ4v) is 5.75. The average molecular weight is 492 g/mol. The highest BCUT2D eigenvalue weighted by molar-refractivity contribution is 7.14. The second-order valence-corrected chi connectivity index (χ2v) is 9.69. The van der Waals surface area contributed by atoms with Gasteiger partial charge in [-0.15, -0.1) is 11.3 Å². The van der Waals surface area contributed by atoms with Gasteiger partial charge in [0, 0.05) is 17.8 Å². The molecule has 180 valence electrons. The predicted octanol–water partition coefficient (Wildman–Crippen LogP) is 4.73. The molecule has 0 spiro atoms. The molecule has 0 unspecified atom stereocenters. The predicted molar refractivity (Wildman–Crippen MR) is 132 cm³/mol. The van der Waals surface area contributed by atoms with E-state index in [1.807, 2.05) is 24.3 Å². The highest BCUT2D eigenvalue weighted by Gasteiger charge is 2.33. The van der Waals surface area contributed by atoms with E-state index in [2.05, 4.69) is 39.9 Å². The molecule has 0 radical (unpaired) electrons. The van der Waals surface area contributed by atoms with Gasteiger partial charge in [-0.25, -0.2) is 9.78 Å². The lowest BCUT2D eigenvalue weighted by Crippen LogP contribution is -2.33. The number of carboxylic acid groups (broad SMARTS) is 1. The van der Waals surface area contributed by atoms with Crippen LogP contribution < -0.4 is 10.6 Å². The van der Waals surface area contributed by atoms with E-state index >= 15 is 0 Å². The Kier molecular flexibility index (Phi) is 6.50. The summed E-state index contributed by atoms with van der Waals surface area (Å²) in [4.78, 5) is 40.4. The Morgan fingerprint density at radius 2 is 1.71 bits per heavy atom. The summed E-state index contributed by atoms with van der Waals surface area (Å²) >= 11 is 1.13. The monoisotopic (exact) mass is 491 g/mol. The van der Waals surface area contributed by atoms with Crippen LogP contribution in [-0.4, -0.2) is 41.2 Å². The first-order valence-electron chi connectivity index (χ1n) is 11.6. The Hall–Kier alpha value is -3.72. The first-order chi connectivity index (χ1) is 17.0. The van der Waals surface area contributed by atoms with Crippen molar-refractivity contribution in [2.24, 2.45) is 11.8 Å². The van der Waals surface area contributed by atoms with Crippen LogP contribution in [0.15, 0.2) is 53.9 Å². The van der Waals surface area contributed by atoms with Gasteiger partial charge in [0.15, 0.2) is 5.13 Å². The van der Waals surface area contributed by atoms with Crippen LogP contribution in [0.3, 0.4) is 0 Å². The number of rotatable bonds is 7. The van der Waals surface area contributed by atoms with Crippen LogP contribution in [0.2, 0.25) is 0 Å². The van der Waals surface area contributed by atoms with E-state index in [4.69, 9.17) is 4.74 Å². The van der Waals surface area contributed by atoms with Crippen molar-refractivity contribution >= 4 is 34.4 Å². The molecule has 8 nitrogen and oxygen atoms in total. The molecule has 1 heterocycles. The SMILES string of the molecule is O=C(Nc1nc(C(=O)NC[C@@H]2CCC[C@@H]2C(=O)O)cs1)OCC1c2ccccc2-c2ccccc21. The van der Waals surface area contributed by atoms with Crippen molar-refractivity contribution < 1.29 is 24.2 Å². The Labute approximate surface area is 206 Å².